The van der Waals surface area contributed by atoms with E-state index in [0.29, 0.717) is 0 Å². The Morgan fingerprint density at radius 3 is 3.00 bits per heavy atom. The molecule has 0 aromatic carbocycles. The van der Waals surface area contributed by atoms with Crippen LogP contribution in [0.4, 0.5) is 0 Å². The van der Waals surface area contributed by atoms with E-state index in [9.17, 15) is 4.79 Å². The zero-order chi connectivity index (χ0) is 8.55. The van der Waals surface area contributed by atoms with Crippen LogP contribution in [0.3, 0.4) is 0 Å². The van der Waals surface area contributed by atoms with E-state index in [1.165, 1.54) is 17.9 Å². The second-order valence-corrected chi connectivity index (χ2v) is 4.73. The molecular formula is C8H14N2OS. The number of hydrogen-bond acceptors (Lipinski definition) is 3. The minimum atomic E-state index is -0.195. The highest BCUT2D eigenvalue weighted by atomic mass is 32.2. The molecule has 1 amide bonds. The molecule has 2 unspecified atom stereocenters. The Bertz CT molecular complexity index is 191. The lowest BCUT2D eigenvalue weighted by Crippen LogP contribution is -2.61. The first-order valence-electron chi connectivity index (χ1n) is 4.39. The van der Waals surface area contributed by atoms with Gasteiger partial charge in [0.2, 0.25) is 5.91 Å². The number of thioether (sulfide) groups is 1. The second-order valence-electron chi connectivity index (χ2n) is 3.58. The lowest BCUT2D eigenvalue weighted by atomic mass is 10.0. The van der Waals surface area contributed by atoms with Crippen LogP contribution in [0.1, 0.15) is 6.42 Å². The Morgan fingerprint density at radius 1 is 1.67 bits per heavy atom. The Morgan fingerprint density at radius 2 is 2.50 bits per heavy atom. The predicted molar refractivity (Wildman–Crippen MR) is 50.0 cm³/mol. The Hall–Kier alpha value is -0.220. The fraction of sp³-hybridized carbons (Fsp3) is 0.875. The summed E-state index contributed by atoms with van der Waals surface area (Å²) < 4.78 is 0. The number of hydrogen-bond donors (Lipinski definition) is 1. The fourth-order valence-electron chi connectivity index (χ4n) is 1.73. The summed E-state index contributed by atoms with van der Waals surface area (Å²) in [5.74, 6) is 3.36. The lowest BCUT2D eigenvalue weighted by molar-refractivity contribution is -0.142. The van der Waals surface area contributed by atoms with Gasteiger partial charge in [0.1, 0.15) is 6.04 Å². The van der Waals surface area contributed by atoms with Gasteiger partial charge in [-0.1, -0.05) is 0 Å². The van der Waals surface area contributed by atoms with Crippen molar-refractivity contribution in [2.45, 2.75) is 12.5 Å². The SMILES string of the molecule is NC1CN(CC2CCSC2)C1=O. The molecule has 68 valence electrons. The predicted octanol–water partition coefficient (Wildman–Crippen LogP) is -0.0910. The number of likely N-dealkylation sites (tertiary alicyclic amines) is 1. The van der Waals surface area contributed by atoms with E-state index in [1.807, 2.05) is 16.7 Å². The third kappa shape index (κ3) is 1.45. The van der Waals surface area contributed by atoms with Gasteiger partial charge >= 0.3 is 0 Å². The molecule has 2 N–H and O–H groups in total. The van der Waals surface area contributed by atoms with Crippen molar-refractivity contribution >= 4 is 17.7 Å². The quantitative estimate of drug-likeness (QED) is 0.613. The van der Waals surface area contributed by atoms with Crippen LogP contribution < -0.4 is 5.73 Å². The molecule has 2 saturated heterocycles. The number of rotatable bonds is 2. The number of nitrogens with zero attached hydrogens (tertiary/aromatic N) is 1. The molecule has 0 aromatic heterocycles. The number of β-lactam (4-membered cyclic amide) rings is 1. The summed E-state index contributed by atoms with van der Waals surface area (Å²) in [5, 5.41) is 0. The van der Waals surface area contributed by atoms with Crippen molar-refractivity contribution in [3.8, 4) is 0 Å². The monoisotopic (exact) mass is 186 g/mol. The average molecular weight is 186 g/mol. The van der Waals surface area contributed by atoms with Crippen molar-refractivity contribution in [3.05, 3.63) is 0 Å². The van der Waals surface area contributed by atoms with E-state index in [0.717, 1.165) is 19.0 Å². The van der Waals surface area contributed by atoms with E-state index in [4.69, 9.17) is 5.73 Å². The second kappa shape index (κ2) is 3.26. The van der Waals surface area contributed by atoms with Crippen molar-refractivity contribution < 1.29 is 4.79 Å². The molecule has 0 bridgehead atoms. The van der Waals surface area contributed by atoms with Gasteiger partial charge in [-0.3, -0.25) is 4.79 Å². The minimum absolute atomic E-state index is 0.145. The molecule has 2 heterocycles. The largest absolute Gasteiger partial charge is 0.339 e. The third-order valence-electron chi connectivity index (χ3n) is 2.55. The molecule has 2 aliphatic heterocycles. The molecule has 0 aromatic rings. The zero-order valence-electron chi connectivity index (χ0n) is 7.03. The standard InChI is InChI=1S/C8H14N2OS/c9-7-4-10(8(7)11)3-6-1-2-12-5-6/h6-7H,1-5,9H2. The summed E-state index contributed by atoms with van der Waals surface area (Å²) in [6, 6.07) is -0.195. The highest BCUT2D eigenvalue weighted by Gasteiger charge is 2.35. The molecule has 0 radical (unpaired) electrons. The molecule has 0 spiro atoms. The Balaban J connectivity index is 1.77. The maximum Gasteiger partial charge on any atom is 0.241 e. The van der Waals surface area contributed by atoms with E-state index in [2.05, 4.69) is 0 Å². The molecule has 3 nitrogen and oxygen atoms in total. The maximum atomic E-state index is 11.1. The van der Waals surface area contributed by atoms with E-state index >= 15 is 0 Å². The van der Waals surface area contributed by atoms with Crippen LogP contribution in [0.25, 0.3) is 0 Å². The Kier molecular flexibility index (Phi) is 2.28. The molecule has 2 rings (SSSR count). The molecule has 4 heteroatoms. The Labute approximate surface area is 76.7 Å². The lowest BCUT2D eigenvalue weighted by Gasteiger charge is -2.37. The number of carbonyl (C=O) groups excluding carboxylic acids is 1. The van der Waals surface area contributed by atoms with Gasteiger partial charge in [0.25, 0.3) is 0 Å². The summed E-state index contributed by atoms with van der Waals surface area (Å²) in [6.07, 6.45) is 1.27. The molecular weight excluding hydrogens is 172 g/mol. The molecule has 0 aliphatic carbocycles. The number of carbonyl (C=O) groups is 1. The minimum Gasteiger partial charge on any atom is -0.339 e. The van der Waals surface area contributed by atoms with Crippen LogP contribution in [-0.2, 0) is 4.79 Å². The summed E-state index contributed by atoms with van der Waals surface area (Å²) in [4.78, 5) is 13.0. The van der Waals surface area contributed by atoms with Crippen LogP contribution in [0.15, 0.2) is 0 Å². The van der Waals surface area contributed by atoms with Crippen molar-refractivity contribution in [3.63, 3.8) is 0 Å². The molecule has 12 heavy (non-hydrogen) atoms. The smallest absolute Gasteiger partial charge is 0.241 e. The van der Waals surface area contributed by atoms with Gasteiger partial charge in [-0.25, -0.2) is 0 Å². The first-order valence-corrected chi connectivity index (χ1v) is 5.55. The van der Waals surface area contributed by atoms with Gasteiger partial charge in [-0.05, 0) is 23.8 Å². The van der Waals surface area contributed by atoms with E-state index < -0.39 is 0 Å². The first kappa shape index (κ1) is 8.38. The highest BCUT2D eigenvalue weighted by Crippen LogP contribution is 2.25. The zero-order valence-corrected chi connectivity index (χ0v) is 7.85. The van der Waals surface area contributed by atoms with Crippen LogP contribution in [0, 0.1) is 5.92 Å². The van der Waals surface area contributed by atoms with Crippen LogP contribution >= 0.6 is 11.8 Å². The summed E-state index contributed by atoms with van der Waals surface area (Å²) in [5.41, 5.74) is 5.49. The van der Waals surface area contributed by atoms with Gasteiger partial charge in [0.15, 0.2) is 0 Å². The summed E-state index contributed by atoms with van der Waals surface area (Å²) in [6.45, 7) is 1.72. The summed E-state index contributed by atoms with van der Waals surface area (Å²) in [7, 11) is 0. The maximum absolute atomic E-state index is 11.1. The molecule has 0 saturated carbocycles. The fourth-order valence-corrected chi connectivity index (χ4v) is 3.00. The van der Waals surface area contributed by atoms with Crippen molar-refractivity contribution in [2.24, 2.45) is 11.7 Å². The normalized spacial score (nSPS) is 35.4. The van der Waals surface area contributed by atoms with Crippen LogP contribution in [0.5, 0.6) is 0 Å². The highest BCUT2D eigenvalue weighted by molar-refractivity contribution is 7.99. The van der Waals surface area contributed by atoms with Gasteiger partial charge in [0.05, 0.1) is 0 Å². The van der Waals surface area contributed by atoms with Crippen molar-refractivity contribution in [1.29, 1.82) is 0 Å². The molecule has 2 atom stereocenters. The van der Waals surface area contributed by atoms with Gasteiger partial charge in [-0.15, -0.1) is 0 Å². The summed E-state index contributed by atoms with van der Waals surface area (Å²) >= 11 is 1.99. The van der Waals surface area contributed by atoms with E-state index in [-0.39, 0.29) is 11.9 Å². The van der Waals surface area contributed by atoms with Gasteiger partial charge in [-0.2, -0.15) is 11.8 Å². The van der Waals surface area contributed by atoms with Crippen LogP contribution in [0.2, 0.25) is 0 Å². The van der Waals surface area contributed by atoms with E-state index in [1.54, 1.807) is 0 Å². The molecule has 2 fully saturated rings. The van der Waals surface area contributed by atoms with Crippen LogP contribution in [-0.4, -0.2) is 41.4 Å². The first-order chi connectivity index (χ1) is 5.77. The average Bonchev–Trinajstić information content (AvgIpc) is 2.56. The molecule has 2 aliphatic rings. The van der Waals surface area contributed by atoms with Crippen molar-refractivity contribution in [1.82, 2.24) is 4.90 Å². The number of amides is 1. The van der Waals surface area contributed by atoms with Crippen molar-refractivity contribution in [2.75, 3.05) is 24.6 Å². The number of nitrogens with two attached hydrogens (primary N) is 1. The topological polar surface area (TPSA) is 46.3 Å². The third-order valence-corrected chi connectivity index (χ3v) is 3.78. The van der Waals surface area contributed by atoms with Gasteiger partial charge < -0.3 is 10.6 Å². The van der Waals surface area contributed by atoms with Gasteiger partial charge in [0, 0.05) is 13.1 Å².